The lowest BCUT2D eigenvalue weighted by atomic mass is 9.85. The number of esters is 1. The number of fused-ring (bicyclic) bond motifs is 1. The van der Waals surface area contributed by atoms with Crippen LogP contribution in [0, 0.1) is 22.7 Å². The summed E-state index contributed by atoms with van der Waals surface area (Å²) in [6, 6.07) is -2.21. The van der Waals surface area contributed by atoms with Gasteiger partial charge in [0, 0.05) is 13.5 Å². The predicted octanol–water partition coefficient (Wildman–Crippen LogP) is 0.698. The molecule has 158 valence electrons. The number of carbonyl (C=O) groups is 4. The van der Waals surface area contributed by atoms with Crippen molar-refractivity contribution in [1.29, 1.82) is 0 Å². The maximum absolute atomic E-state index is 13.3. The number of nitrogens with one attached hydrogen (secondary N) is 2. The van der Waals surface area contributed by atoms with E-state index in [-0.39, 0.29) is 35.0 Å². The van der Waals surface area contributed by atoms with Crippen molar-refractivity contribution < 1.29 is 23.9 Å². The van der Waals surface area contributed by atoms with Gasteiger partial charge in [-0.1, -0.05) is 34.6 Å². The van der Waals surface area contributed by atoms with Gasteiger partial charge in [0.25, 0.3) is 0 Å². The molecule has 0 unspecified atom stereocenters. The molecule has 2 fully saturated rings. The molecule has 0 spiro atoms. The van der Waals surface area contributed by atoms with Crippen LogP contribution in [0.2, 0.25) is 0 Å². The van der Waals surface area contributed by atoms with Crippen molar-refractivity contribution in [2.24, 2.45) is 22.7 Å². The smallest absolute Gasteiger partial charge is 0.328 e. The zero-order valence-corrected chi connectivity index (χ0v) is 18.1. The molecule has 1 aliphatic carbocycles. The first-order valence-corrected chi connectivity index (χ1v) is 9.69. The number of ether oxygens (including phenoxy) is 1. The van der Waals surface area contributed by atoms with Crippen LogP contribution < -0.4 is 10.6 Å². The number of nitrogens with zero attached hydrogens (tertiary/aromatic N) is 1. The number of rotatable bonds is 5. The Morgan fingerprint density at radius 1 is 1.14 bits per heavy atom. The number of hydrogen-bond acceptors (Lipinski definition) is 5. The third-order valence-electron chi connectivity index (χ3n) is 6.13. The maximum Gasteiger partial charge on any atom is 0.328 e. The van der Waals surface area contributed by atoms with Crippen molar-refractivity contribution in [3.05, 3.63) is 0 Å². The van der Waals surface area contributed by atoms with Gasteiger partial charge in [0.2, 0.25) is 17.7 Å². The second kappa shape index (κ2) is 7.37. The summed E-state index contributed by atoms with van der Waals surface area (Å²) in [5.41, 5.74) is -0.552. The van der Waals surface area contributed by atoms with Crippen LogP contribution in [-0.2, 0) is 23.9 Å². The molecule has 2 aliphatic rings. The molecule has 1 aliphatic heterocycles. The van der Waals surface area contributed by atoms with Crippen LogP contribution in [0.3, 0.4) is 0 Å². The Labute approximate surface area is 166 Å². The van der Waals surface area contributed by atoms with Gasteiger partial charge in [-0.15, -0.1) is 0 Å². The standard InChI is InChI=1S/C20H33N3O5/c1-10(18(27)28-8)21-16(25)14-13-12(20(13,6)7)9-23(14)17(26)15(19(3,4)5)22-11(2)24/h10,12-15H,9H2,1-8H3,(H,21,25)(H,22,24)/t10-,12-,13-,14-,15+/m0/s1. The first-order chi connectivity index (χ1) is 12.7. The summed E-state index contributed by atoms with van der Waals surface area (Å²) in [5.74, 6) is -1.21. The second-order valence-electron chi connectivity index (χ2n) is 9.64. The molecule has 1 saturated carbocycles. The minimum atomic E-state index is -0.802. The molecule has 3 amide bonds. The summed E-state index contributed by atoms with van der Waals surface area (Å²) in [7, 11) is 1.26. The summed E-state index contributed by atoms with van der Waals surface area (Å²) < 4.78 is 4.67. The molecule has 2 rings (SSSR count). The Morgan fingerprint density at radius 3 is 2.18 bits per heavy atom. The normalized spacial score (nSPS) is 27.3. The summed E-state index contributed by atoms with van der Waals surface area (Å²) in [6.07, 6.45) is 0. The van der Waals surface area contributed by atoms with Crippen LogP contribution in [-0.4, -0.2) is 60.4 Å². The predicted molar refractivity (Wildman–Crippen MR) is 103 cm³/mol. The molecule has 8 nitrogen and oxygen atoms in total. The van der Waals surface area contributed by atoms with Gasteiger partial charge in [0.1, 0.15) is 18.1 Å². The fourth-order valence-electron chi connectivity index (χ4n) is 4.37. The van der Waals surface area contributed by atoms with E-state index in [0.29, 0.717) is 6.54 Å². The molecule has 5 atom stereocenters. The van der Waals surface area contributed by atoms with Crippen LogP contribution >= 0.6 is 0 Å². The van der Waals surface area contributed by atoms with Crippen LogP contribution in [0.15, 0.2) is 0 Å². The molecule has 1 heterocycles. The molecule has 0 bridgehead atoms. The van der Waals surface area contributed by atoms with E-state index in [9.17, 15) is 19.2 Å². The largest absolute Gasteiger partial charge is 0.467 e. The minimum absolute atomic E-state index is 0.0271. The highest BCUT2D eigenvalue weighted by Gasteiger charge is 2.69. The van der Waals surface area contributed by atoms with E-state index in [1.807, 2.05) is 20.8 Å². The Hall–Kier alpha value is -2.12. The number of amides is 3. The van der Waals surface area contributed by atoms with Crippen LogP contribution in [0.1, 0.15) is 48.5 Å². The lowest BCUT2D eigenvalue weighted by Crippen LogP contribution is -2.59. The highest BCUT2D eigenvalue weighted by Crippen LogP contribution is 2.65. The first-order valence-electron chi connectivity index (χ1n) is 9.69. The SMILES string of the molecule is COC(=O)[C@H](C)NC(=O)[C@@H]1[C@@H]2[C@H](CN1C(=O)[C@@H](NC(C)=O)C(C)(C)C)C2(C)C. The van der Waals surface area contributed by atoms with Crippen LogP contribution in [0.4, 0.5) is 0 Å². The molecular formula is C20H33N3O5. The molecule has 0 aromatic rings. The van der Waals surface area contributed by atoms with E-state index in [4.69, 9.17) is 0 Å². The highest BCUT2D eigenvalue weighted by atomic mass is 16.5. The minimum Gasteiger partial charge on any atom is -0.467 e. The fourth-order valence-corrected chi connectivity index (χ4v) is 4.37. The quantitative estimate of drug-likeness (QED) is 0.667. The first kappa shape index (κ1) is 22.2. The van der Waals surface area contributed by atoms with Gasteiger partial charge in [-0.2, -0.15) is 0 Å². The average Bonchev–Trinajstić information content (AvgIpc) is 2.94. The van der Waals surface area contributed by atoms with E-state index in [2.05, 4.69) is 29.2 Å². The lowest BCUT2D eigenvalue weighted by Gasteiger charge is -2.37. The monoisotopic (exact) mass is 395 g/mol. The Morgan fingerprint density at radius 2 is 1.71 bits per heavy atom. The zero-order valence-electron chi connectivity index (χ0n) is 18.1. The second-order valence-corrected chi connectivity index (χ2v) is 9.64. The molecule has 0 aromatic heterocycles. The van der Waals surface area contributed by atoms with Gasteiger partial charge in [-0.3, -0.25) is 14.4 Å². The van der Waals surface area contributed by atoms with Gasteiger partial charge in [0.05, 0.1) is 7.11 Å². The Balaban J connectivity index is 2.27. The van der Waals surface area contributed by atoms with Gasteiger partial charge in [-0.25, -0.2) is 4.79 Å². The molecule has 28 heavy (non-hydrogen) atoms. The summed E-state index contributed by atoms with van der Waals surface area (Å²) in [6.45, 7) is 13.2. The third-order valence-corrected chi connectivity index (χ3v) is 6.13. The van der Waals surface area contributed by atoms with Crippen molar-refractivity contribution >= 4 is 23.7 Å². The van der Waals surface area contributed by atoms with Crippen LogP contribution in [0.5, 0.6) is 0 Å². The summed E-state index contributed by atoms with van der Waals surface area (Å²) in [4.78, 5) is 51.3. The molecule has 2 N–H and O–H groups in total. The van der Waals surface area contributed by atoms with Crippen molar-refractivity contribution in [3.63, 3.8) is 0 Å². The van der Waals surface area contributed by atoms with E-state index in [1.165, 1.54) is 14.0 Å². The Bertz CT molecular complexity index is 682. The van der Waals surface area contributed by atoms with Gasteiger partial charge in [0.15, 0.2) is 0 Å². The molecule has 0 radical (unpaired) electrons. The van der Waals surface area contributed by atoms with Crippen molar-refractivity contribution in [3.8, 4) is 0 Å². The number of piperidine rings is 1. The average molecular weight is 396 g/mol. The third kappa shape index (κ3) is 4.00. The summed E-state index contributed by atoms with van der Waals surface area (Å²) >= 11 is 0. The zero-order chi connectivity index (χ0) is 21.6. The fraction of sp³-hybridized carbons (Fsp3) is 0.800. The maximum atomic E-state index is 13.3. The number of methoxy groups -OCH3 is 1. The van der Waals surface area contributed by atoms with Gasteiger partial charge < -0.3 is 20.3 Å². The molecule has 0 aromatic carbocycles. The number of likely N-dealkylation sites (tertiary alicyclic amines) is 1. The van der Waals surface area contributed by atoms with Crippen molar-refractivity contribution in [2.75, 3.05) is 13.7 Å². The Kier molecular flexibility index (Phi) is 5.83. The lowest BCUT2D eigenvalue weighted by molar-refractivity contribution is -0.148. The molecule has 8 heteroatoms. The highest BCUT2D eigenvalue weighted by molar-refractivity contribution is 5.95. The van der Waals surface area contributed by atoms with Gasteiger partial charge in [-0.05, 0) is 29.6 Å². The molecule has 1 saturated heterocycles. The number of hydrogen-bond donors (Lipinski definition) is 2. The number of carbonyl (C=O) groups excluding carboxylic acids is 4. The van der Waals surface area contributed by atoms with E-state index in [1.54, 1.807) is 11.8 Å². The molecular weight excluding hydrogens is 362 g/mol. The van der Waals surface area contributed by atoms with Crippen LogP contribution in [0.25, 0.3) is 0 Å². The van der Waals surface area contributed by atoms with Crippen molar-refractivity contribution in [2.45, 2.75) is 66.6 Å². The van der Waals surface area contributed by atoms with Gasteiger partial charge >= 0.3 is 5.97 Å². The summed E-state index contributed by atoms with van der Waals surface area (Å²) in [5, 5.41) is 5.41. The topological polar surface area (TPSA) is 105 Å². The van der Waals surface area contributed by atoms with E-state index < -0.39 is 29.5 Å². The van der Waals surface area contributed by atoms with E-state index in [0.717, 1.165) is 0 Å². The van der Waals surface area contributed by atoms with E-state index >= 15 is 0 Å². The van der Waals surface area contributed by atoms with Crippen molar-refractivity contribution in [1.82, 2.24) is 15.5 Å².